The van der Waals surface area contributed by atoms with Gasteiger partial charge in [0.05, 0.1) is 0 Å². The molecule has 0 atom stereocenters. The average Bonchev–Trinajstić information content (AvgIpc) is 2.20. The maximum atomic E-state index is 5.97. The Balaban J connectivity index is 3.08. The fourth-order valence-electron chi connectivity index (χ4n) is 1.51. The van der Waals surface area contributed by atoms with Gasteiger partial charge in [0.2, 0.25) is 0 Å². The van der Waals surface area contributed by atoms with Crippen molar-refractivity contribution in [3.8, 4) is 0 Å². The molecule has 0 aliphatic heterocycles. The van der Waals surface area contributed by atoms with Crippen molar-refractivity contribution in [2.45, 2.75) is 26.7 Å². The molecular formula is C13H16Cl. The van der Waals surface area contributed by atoms with Crippen LogP contribution in [0.5, 0.6) is 0 Å². The van der Waals surface area contributed by atoms with Crippen molar-refractivity contribution in [3.05, 3.63) is 52.9 Å². The molecule has 1 aromatic rings. The Morgan fingerprint density at radius 1 is 1.50 bits per heavy atom. The molecule has 1 aromatic carbocycles. The largest absolute Gasteiger partial charge is 0.102 e. The van der Waals surface area contributed by atoms with Gasteiger partial charge < -0.3 is 0 Å². The number of rotatable bonds is 4. The molecule has 0 spiro atoms. The lowest BCUT2D eigenvalue weighted by atomic mass is 9.93. The van der Waals surface area contributed by atoms with E-state index in [9.17, 15) is 0 Å². The van der Waals surface area contributed by atoms with Gasteiger partial charge in [-0.3, -0.25) is 0 Å². The van der Waals surface area contributed by atoms with Crippen molar-refractivity contribution in [1.29, 1.82) is 0 Å². The standard InChI is InChI=1S/C13H16Cl/c1-4-6-11-7-8-12(14)9-13(11)10(3)5-2/h5,7-9H,2,4,6H2,1,3H3. The summed E-state index contributed by atoms with van der Waals surface area (Å²) in [6, 6.07) is 6.07. The van der Waals surface area contributed by atoms with Gasteiger partial charge in [-0.05, 0) is 29.7 Å². The van der Waals surface area contributed by atoms with Crippen LogP contribution >= 0.6 is 11.6 Å². The normalized spacial score (nSPS) is 10.6. The van der Waals surface area contributed by atoms with E-state index in [1.807, 2.05) is 18.2 Å². The molecule has 0 aliphatic carbocycles. The van der Waals surface area contributed by atoms with Crippen molar-refractivity contribution in [2.24, 2.45) is 0 Å². The van der Waals surface area contributed by atoms with Crippen LogP contribution in [0.25, 0.3) is 0 Å². The van der Waals surface area contributed by atoms with Crippen LogP contribution in [0.2, 0.25) is 5.02 Å². The van der Waals surface area contributed by atoms with Crippen LogP contribution in [-0.4, -0.2) is 0 Å². The fourth-order valence-corrected chi connectivity index (χ4v) is 1.69. The summed E-state index contributed by atoms with van der Waals surface area (Å²) < 4.78 is 0. The lowest BCUT2D eigenvalue weighted by Crippen LogP contribution is -1.97. The van der Waals surface area contributed by atoms with Crippen LogP contribution in [-0.2, 0) is 6.42 Å². The van der Waals surface area contributed by atoms with E-state index in [0.717, 1.165) is 17.9 Å². The third-order valence-corrected chi connectivity index (χ3v) is 2.56. The van der Waals surface area contributed by atoms with E-state index in [-0.39, 0.29) is 0 Å². The minimum Gasteiger partial charge on any atom is -0.102 e. The zero-order valence-electron chi connectivity index (χ0n) is 8.81. The van der Waals surface area contributed by atoms with E-state index in [1.54, 1.807) is 0 Å². The van der Waals surface area contributed by atoms with Crippen LogP contribution in [0.3, 0.4) is 0 Å². The first-order chi connectivity index (χ1) is 6.69. The summed E-state index contributed by atoms with van der Waals surface area (Å²) in [6.07, 6.45) is 4.13. The minimum absolute atomic E-state index is 0.793. The van der Waals surface area contributed by atoms with Crippen LogP contribution in [0.1, 0.15) is 31.4 Å². The van der Waals surface area contributed by atoms with Gasteiger partial charge in [-0.15, -0.1) is 6.58 Å². The van der Waals surface area contributed by atoms with Gasteiger partial charge in [0, 0.05) is 10.9 Å². The van der Waals surface area contributed by atoms with E-state index in [1.165, 1.54) is 17.0 Å². The molecule has 75 valence electrons. The molecule has 0 saturated heterocycles. The first kappa shape index (κ1) is 11.3. The topological polar surface area (TPSA) is 0 Å². The SMILES string of the molecule is C=C[C](C)c1cc(Cl)ccc1CCC. The fraction of sp³-hybridized carbons (Fsp3) is 0.308. The van der Waals surface area contributed by atoms with E-state index in [4.69, 9.17) is 11.6 Å². The van der Waals surface area contributed by atoms with Crippen LogP contribution < -0.4 is 0 Å². The highest BCUT2D eigenvalue weighted by molar-refractivity contribution is 6.30. The van der Waals surface area contributed by atoms with E-state index in [0.29, 0.717) is 0 Å². The first-order valence-corrected chi connectivity index (χ1v) is 5.31. The van der Waals surface area contributed by atoms with Crippen molar-refractivity contribution in [3.63, 3.8) is 0 Å². The van der Waals surface area contributed by atoms with E-state index in [2.05, 4.69) is 26.5 Å². The van der Waals surface area contributed by atoms with Crippen LogP contribution in [0.4, 0.5) is 0 Å². The number of hydrogen-bond donors (Lipinski definition) is 0. The average molecular weight is 208 g/mol. The molecule has 1 radical (unpaired) electrons. The first-order valence-electron chi connectivity index (χ1n) is 4.93. The highest BCUT2D eigenvalue weighted by Gasteiger charge is 2.08. The summed E-state index contributed by atoms with van der Waals surface area (Å²) in [5.41, 5.74) is 2.59. The predicted molar refractivity (Wildman–Crippen MR) is 63.7 cm³/mol. The molecule has 14 heavy (non-hydrogen) atoms. The Morgan fingerprint density at radius 2 is 2.21 bits per heavy atom. The monoisotopic (exact) mass is 207 g/mol. The zero-order valence-corrected chi connectivity index (χ0v) is 9.56. The molecule has 1 rings (SSSR count). The van der Waals surface area contributed by atoms with Gasteiger partial charge in [-0.2, -0.15) is 0 Å². The molecule has 0 aromatic heterocycles. The van der Waals surface area contributed by atoms with Crippen molar-refractivity contribution >= 4 is 11.6 Å². The van der Waals surface area contributed by atoms with Crippen LogP contribution in [0, 0.1) is 5.92 Å². The Bertz CT molecular complexity index is 315. The number of hydrogen-bond acceptors (Lipinski definition) is 0. The van der Waals surface area contributed by atoms with E-state index >= 15 is 0 Å². The summed E-state index contributed by atoms with van der Waals surface area (Å²) in [7, 11) is 0. The maximum Gasteiger partial charge on any atom is 0.0409 e. The molecule has 0 amide bonds. The molecule has 0 bridgehead atoms. The Labute approximate surface area is 91.6 Å². The van der Waals surface area contributed by atoms with Gasteiger partial charge in [0.25, 0.3) is 0 Å². The van der Waals surface area contributed by atoms with Gasteiger partial charge in [-0.25, -0.2) is 0 Å². The summed E-state index contributed by atoms with van der Waals surface area (Å²) in [4.78, 5) is 0. The van der Waals surface area contributed by atoms with Crippen LogP contribution in [0.15, 0.2) is 30.9 Å². The van der Waals surface area contributed by atoms with Crippen molar-refractivity contribution in [2.75, 3.05) is 0 Å². The molecule has 0 unspecified atom stereocenters. The van der Waals surface area contributed by atoms with E-state index < -0.39 is 0 Å². The smallest absolute Gasteiger partial charge is 0.0409 e. The van der Waals surface area contributed by atoms with Crippen molar-refractivity contribution < 1.29 is 0 Å². The van der Waals surface area contributed by atoms with Gasteiger partial charge in [-0.1, -0.05) is 44.0 Å². The third kappa shape index (κ3) is 2.62. The quantitative estimate of drug-likeness (QED) is 0.686. The maximum absolute atomic E-state index is 5.97. The van der Waals surface area contributed by atoms with Crippen molar-refractivity contribution in [1.82, 2.24) is 0 Å². The van der Waals surface area contributed by atoms with Gasteiger partial charge in [0.1, 0.15) is 0 Å². The predicted octanol–water partition coefficient (Wildman–Crippen LogP) is 4.42. The summed E-state index contributed by atoms with van der Waals surface area (Å²) in [5, 5.41) is 0.793. The molecule has 0 N–H and O–H groups in total. The Morgan fingerprint density at radius 3 is 2.79 bits per heavy atom. The second-order valence-corrected chi connectivity index (χ2v) is 3.88. The zero-order chi connectivity index (χ0) is 10.6. The lowest BCUT2D eigenvalue weighted by molar-refractivity contribution is 0.909. The molecule has 1 heteroatoms. The molecule has 0 nitrogen and oxygen atoms in total. The Kier molecular flexibility index (Phi) is 4.21. The molecule has 0 fully saturated rings. The molecular weight excluding hydrogens is 192 g/mol. The Hall–Kier alpha value is -0.750. The highest BCUT2D eigenvalue weighted by Crippen LogP contribution is 2.24. The summed E-state index contributed by atoms with van der Waals surface area (Å²) in [5.74, 6) is 1.19. The highest BCUT2D eigenvalue weighted by atomic mass is 35.5. The number of halogens is 1. The third-order valence-electron chi connectivity index (χ3n) is 2.32. The van der Waals surface area contributed by atoms with Gasteiger partial charge in [0.15, 0.2) is 0 Å². The molecule has 0 aliphatic rings. The number of benzene rings is 1. The minimum atomic E-state index is 0.793. The van der Waals surface area contributed by atoms with Gasteiger partial charge >= 0.3 is 0 Å². The summed E-state index contributed by atoms with van der Waals surface area (Å²) in [6.45, 7) is 8.04. The second-order valence-electron chi connectivity index (χ2n) is 3.44. The molecule has 0 saturated carbocycles. The number of aryl methyl sites for hydroxylation is 1. The second kappa shape index (κ2) is 5.21. The number of allylic oxidation sites excluding steroid dienone is 1. The lowest BCUT2D eigenvalue weighted by Gasteiger charge is -2.12. The molecule has 0 heterocycles. The summed E-state index contributed by atoms with van der Waals surface area (Å²) >= 11 is 5.97.